The Morgan fingerprint density at radius 2 is 1.84 bits per heavy atom. The zero-order valence-corrected chi connectivity index (χ0v) is 11.3. The van der Waals surface area contributed by atoms with Crippen molar-refractivity contribution < 1.29 is 8.78 Å². The summed E-state index contributed by atoms with van der Waals surface area (Å²) in [5.41, 5.74) is 2.14. The summed E-state index contributed by atoms with van der Waals surface area (Å²) in [4.78, 5) is 0. The average molecular weight is 282 g/mol. The van der Waals surface area contributed by atoms with Crippen LogP contribution in [0.5, 0.6) is 0 Å². The molecule has 0 aliphatic heterocycles. The van der Waals surface area contributed by atoms with E-state index in [2.05, 4.69) is 5.32 Å². The van der Waals surface area contributed by atoms with Crippen molar-refractivity contribution in [3.63, 3.8) is 0 Å². The van der Waals surface area contributed by atoms with Crippen molar-refractivity contribution in [2.75, 3.05) is 6.54 Å². The predicted molar refractivity (Wildman–Crippen MR) is 74.2 cm³/mol. The molecule has 0 bridgehead atoms. The molecule has 2 aromatic carbocycles. The molecule has 0 atom stereocenters. The van der Waals surface area contributed by atoms with Gasteiger partial charge in [0.2, 0.25) is 0 Å². The lowest BCUT2D eigenvalue weighted by Crippen LogP contribution is -2.12. The van der Waals surface area contributed by atoms with Gasteiger partial charge in [-0.1, -0.05) is 24.6 Å². The van der Waals surface area contributed by atoms with Gasteiger partial charge in [-0.15, -0.1) is 0 Å². The molecule has 100 valence electrons. The highest BCUT2D eigenvalue weighted by Crippen LogP contribution is 2.28. The molecule has 0 saturated heterocycles. The van der Waals surface area contributed by atoms with Gasteiger partial charge in [-0.2, -0.15) is 0 Å². The first-order valence-electron chi connectivity index (χ1n) is 6.05. The van der Waals surface area contributed by atoms with Crippen molar-refractivity contribution in [2.45, 2.75) is 13.5 Å². The van der Waals surface area contributed by atoms with Gasteiger partial charge in [0, 0.05) is 11.6 Å². The minimum Gasteiger partial charge on any atom is -0.313 e. The second kappa shape index (κ2) is 6.13. The molecule has 0 spiro atoms. The zero-order valence-electron chi connectivity index (χ0n) is 10.5. The van der Waals surface area contributed by atoms with Gasteiger partial charge < -0.3 is 5.32 Å². The number of hydrogen-bond donors (Lipinski definition) is 1. The maximum absolute atomic E-state index is 13.4. The van der Waals surface area contributed by atoms with Gasteiger partial charge in [0.15, 0.2) is 0 Å². The van der Waals surface area contributed by atoms with Crippen LogP contribution < -0.4 is 5.32 Å². The lowest BCUT2D eigenvalue weighted by atomic mass is 9.99. The number of rotatable bonds is 4. The summed E-state index contributed by atoms with van der Waals surface area (Å²) < 4.78 is 26.8. The Kier molecular flexibility index (Phi) is 4.51. The van der Waals surface area contributed by atoms with Gasteiger partial charge in [0.05, 0.1) is 0 Å². The smallest absolute Gasteiger partial charge is 0.125 e. The normalized spacial score (nSPS) is 10.7. The summed E-state index contributed by atoms with van der Waals surface area (Å²) in [6.07, 6.45) is 0. The van der Waals surface area contributed by atoms with Crippen molar-refractivity contribution in [1.82, 2.24) is 5.32 Å². The Morgan fingerprint density at radius 3 is 2.53 bits per heavy atom. The highest BCUT2D eigenvalue weighted by Gasteiger charge is 2.09. The average Bonchev–Trinajstić information content (AvgIpc) is 2.36. The summed E-state index contributed by atoms with van der Waals surface area (Å²) in [6.45, 7) is 3.39. The lowest BCUT2D eigenvalue weighted by molar-refractivity contribution is 0.624. The van der Waals surface area contributed by atoms with Gasteiger partial charge >= 0.3 is 0 Å². The van der Waals surface area contributed by atoms with Crippen molar-refractivity contribution in [3.8, 4) is 11.1 Å². The van der Waals surface area contributed by atoms with Gasteiger partial charge in [-0.3, -0.25) is 0 Å². The molecular weight excluding hydrogens is 268 g/mol. The summed E-state index contributed by atoms with van der Waals surface area (Å²) in [5.74, 6) is -0.781. The van der Waals surface area contributed by atoms with Crippen LogP contribution in [0.3, 0.4) is 0 Å². The number of benzene rings is 2. The van der Waals surface area contributed by atoms with Crippen molar-refractivity contribution in [3.05, 3.63) is 58.6 Å². The van der Waals surface area contributed by atoms with E-state index in [4.69, 9.17) is 11.6 Å². The van der Waals surface area contributed by atoms with Crippen LogP contribution in [-0.4, -0.2) is 6.54 Å². The minimum absolute atomic E-state index is 0.300. The van der Waals surface area contributed by atoms with E-state index in [-0.39, 0.29) is 5.82 Å². The fourth-order valence-electron chi connectivity index (χ4n) is 1.94. The van der Waals surface area contributed by atoms with E-state index >= 15 is 0 Å². The minimum atomic E-state index is -0.429. The molecule has 19 heavy (non-hydrogen) atoms. The van der Waals surface area contributed by atoms with Crippen molar-refractivity contribution in [2.24, 2.45) is 0 Å². The first-order chi connectivity index (χ1) is 9.10. The predicted octanol–water partition coefficient (Wildman–Crippen LogP) is 4.39. The Balaban J connectivity index is 2.49. The fraction of sp³-hybridized carbons (Fsp3) is 0.200. The maximum Gasteiger partial charge on any atom is 0.125 e. The van der Waals surface area contributed by atoms with Gasteiger partial charge in [-0.05, 0) is 53.6 Å². The van der Waals surface area contributed by atoms with Crippen LogP contribution >= 0.6 is 11.6 Å². The van der Waals surface area contributed by atoms with E-state index < -0.39 is 5.82 Å². The van der Waals surface area contributed by atoms with E-state index in [1.807, 2.05) is 6.92 Å². The molecule has 0 unspecified atom stereocenters. The summed E-state index contributed by atoms with van der Waals surface area (Å²) in [5, 5.41) is 3.47. The molecule has 2 rings (SSSR count). The molecular formula is C15H14ClF2N. The van der Waals surface area contributed by atoms with Gasteiger partial charge in [0.1, 0.15) is 11.6 Å². The van der Waals surface area contributed by atoms with Crippen LogP contribution in [0.25, 0.3) is 11.1 Å². The van der Waals surface area contributed by atoms with Crippen LogP contribution in [0.4, 0.5) is 8.78 Å². The number of nitrogens with one attached hydrogen (secondary N) is 1. The van der Waals surface area contributed by atoms with E-state index in [9.17, 15) is 8.78 Å². The molecule has 1 N–H and O–H groups in total. The van der Waals surface area contributed by atoms with Crippen LogP contribution in [0, 0.1) is 11.6 Å². The van der Waals surface area contributed by atoms with Crippen molar-refractivity contribution >= 4 is 11.6 Å². The fourth-order valence-corrected chi connectivity index (χ4v) is 2.16. The Morgan fingerprint density at radius 1 is 1.05 bits per heavy atom. The Bertz CT molecular complexity index is 564. The topological polar surface area (TPSA) is 12.0 Å². The lowest BCUT2D eigenvalue weighted by Gasteiger charge is -2.11. The molecule has 0 fully saturated rings. The third-order valence-electron chi connectivity index (χ3n) is 2.81. The number of halogens is 3. The maximum atomic E-state index is 13.4. The van der Waals surface area contributed by atoms with Crippen LogP contribution in [0.15, 0.2) is 36.4 Å². The second-order valence-electron chi connectivity index (χ2n) is 4.24. The molecule has 2 aromatic rings. The first kappa shape index (κ1) is 14.0. The van der Waals surface area contributed by atoms with E-state index in [1.54, 1.807) is 12.1 Å². The first-order valence-corrected chi connectivity index (χ1v) is 6.43. The zero-order chi connectivity index (χ0) is 13.8. The third-order valence-corrected chi connectivity index (χ3v) is 3.03. The largest absolute Gasteiger partial charge is 0.313 e. The van der Waals surface area contributed by atoms with Crippen molar-refractivity contribution in [1.29, 1.82) is 0 Å². The summed E-state index contributed by atoms with van der Waals surface area (Å²) in [6, 6.07) is 8.72. The highest BCUT2D eigenvalue weighted by molar-refractivity contribution is 6.30. The number of hydrogen-bond acceptors (Lipinski definition) is 1. The molecule has 0 radical (unpaired) electrons. The highest BCUT2D eigenvalue weighted by atomic mass is 35.5. The van der Waals surface area contributed by atoms with E-state index in [0.29, 0.717) is 22.7 Å². The van der Waals surface area contributed by atoms with Gasteiger partial charge in [0.25, 0.3) is 0 Å². The SMILES string of the molecule is CCNCc1ccc(F)cc1-c1cc(F)cc(Cl)c1. The van der Waals surface area contributed by atoms with E-state index in [1.165, 1.54) is 24.3 Å². The van der Waals surface area contributed by atoms with Crippen LogP contribution in [0.1, 0.15) is 12.5 Å². The van der Waals surface area contributed by atoms with E-state index in [0.717, 1.165) is 12.1 Å². The summed E-state index contributed by atoms with van der Waals surface area (Å²) in [7, 11) is 0. The third kappa shape index (κ3) is 3.52. The Labute approximate surface area is 116 Å². The molecule has 1 nitrogen and oxygen atoms in total. The second-order valence-corrected chi connectivity index (χ2v) is 4.68. The molecule has 0 aliphatic carbocycles. The monoisotopic (exact) mass is 281 g/mol. The van der Waals surface area contributed by atoms with Crippen LogP contribution in [0.2, 0.25) is 5.02 Å². The molecule has 4 heteroatoms. The quantitative estimate of drug-likeness (QED) is 0.876. The standard InChI is InChI=1S/C15H14ClF2N/c1-2-19-9-10-3-4-13(17)8-15(10)11-5-12(16)7-14(18)6-11/h3-8,19H,2,9H2,1H3. The molecule has 0 heterocycles. The molecule has 0 saturated carbocycles. The van der Waals surface area contributed by atoms with Gasteiger partial charge in [-0.25, -0.2) is 8.78 Å². The summed E-state index contributed by atoms with van der Waals surface area (Å²) >= 11 is 5.85. The Hall–Kier alpha value is -1.45. The molecule has 0 amide bonds. The molecule has 0 aliphatic rings. The van der Waals surface area contributed by atoms with Crippen LogP contribution in [-0.2, 0) is 6.54 Å². The molecule has 0 aromatic heterocycles.